The summed E-state index contributed by atoms with van der Waals surface area (Å²) in [7, 11) is 3.46. The third-order valence-corrected chi connectivity index (χ3v) is 8.00. The van der Waals surface area contributed by atoms with E-state index in [4.69, 9.17) is 0 Å². The Bertz CT molecular complexity index is 796. The Hall–Kier alpha value is -1.88. The van der Waals surface area contributed by atoms with Crippen LogP contribution in [0.4, 0.5) is 0 Å². The molecule has 0 radical (unpaired) electrons. The van der Waals surface area contributed by atoms with Gasteiger partial charge in [-0.15, -0.1) is 0 Å². The van der Waals surface area contributed by atoms with Gasteiger partial charge in [0.2, 0.25) is 5.91 Å². The molecule has 29 heavy (non-hydrogen) atoms. The molecule has 1 amide bonds. The molecule has 2 N–H and O–H groups in total. The van der Waals surface area contributed by atoms with Gasteiger partial charge in [-0.2, -0.15) is 0 Å². The summed E-state index contributed by atoms with van der Waals surface area (Å²) in [5, 5.41) is 0. The summed E-state index contributed by atoms with van der Waals surface area (Å²) >= 11 is 0. The molecule has 0 spiro atoms. The van der Waals surface area contributed by atoms with E-state index in [0.29, 0.717) is 30.1 Å². The molecule has 2 fully saturated rings. The maximum Gasteiger partial charge on any atom is 0.227 e. The monoisotopic (exact) mass is 398 g/mol. The third kappa shape index (κ3) is 3.09. The minimum absolute atomic E-state index is 0.0494. The zero-order valence-electron chi connectivity index (χ0n) is 19.0. The van der Waals surface area contributed by atoms with E-state index in [0.717, 1.165) is 12.8 Å². The summed E-state index contributed by atoms with van der Waals surface area (Å²) in [6.45, 7) is 8.80. The highest BCUT2D eigenvalue weighted by Crippen LogP contribution is 2.65. The van der Waals surface area contributed by atoms with Gasteiger partial charge >= 0.3 is 0 Å². The average molecular weight is 399 g/mol. The first kappa shape index (κ1) is 21.8. The second kappa shape index (κ2) is 8.10. The number of hydrogen-bond donors (Lipinski definition) is 1. The lowest BCUT2D eigenvalue weighted by Gasteiger charge is -2.54. The van der Waals surface area contributed by atoms with Crippen LogP contribution in [0.3, 0.4) is 0 Å². The maximum atomic E-state index is 12.4. The van der Waals surface area contributed by atoms with Gasteiger partial charge in [0.15, 0.2) is 0 Å². The van der Waals surface area contributed by atoms with E-state index in [1.54, 1.807) is 0 Å². The second-order valence-electron chi connectivity index (χ2n) is 9.00. The van der Waals surface area contributed by atoms with Crippen molar-refractivity contribution in [3.8, 4) is 0 Å². The number of hydrogen-bond acceptors (Lipinski definition) is 3. The number of amides is 1. The van der Waals surface area contributed by atoms with Gasteiger partial charge in [0.25, 0.3) is 0 Å². The van der Waals surface area contributed by atoms with E-state index >= 15 is 0 Å². The van der Waals surface area contributed by atoms with Crippen LogP contribution in [0, 0.1) is 28.6 Å². The lowest BCUT2D eigenvalue weighted by Crippen LogP contribution is -2.48. The van der Waals surface area contributed by atoms with E-state index in [1.165, 1.54) is 31.3 Å². The van der Waals surface area contributed by atoms with E-state index in [9.17, 15) is 4.79 Å². The van der Waals surface area contributed by atoms with Gasteiger partial charge in [0.05, 0.1) is 6.33 Å². The lowest BCUT2D eigenvalue weighted by molar-refractivity contribution is -0.126. The zero-order valence-corrected chi connectivity index (χ0v) is 19.0. The summed E-state index contributed by atoms with van der Waals surface area (Å²) in [6, 6.07) is 0. The Labute approximate surface area is 176 Å². The minimum atomic E-state index is 0.0494. The SMILES string of the molecule is CC.CN.CN1C(=O)CC2(C)C1=CCC1C2CCC2(C)C(n3ccnc3)=CCC12. The highest BCUT2D eigenvalue weighted by atomic mass is 16.2. The van der Waals surface area contributed by atoms with Gasteiger partial charge in [-0.1, -0.05) is 39.8 Å². The van der Waals surface area contributed by atoms with E-state index in [1.807, 2.05) is 38.3 Å². The van der Waals surface area contributed by atoms with Crippen molar-refractivity contribution in [3.05, 3.63) is 36.6 Å². The van der Waals surface area contributed by atoms with Gasteiger partial charge in [0.1, 0.15) is 0 Å². The van der Waals surface area contributed by atoms with Crippen molar-refractivity contribution in [1.29, 1.82) is 0 Å². The molecule has 1 aromatic heterocycles. The Morgan fingerprint density at radius 1 is 1.07 bits per heavy atom. The molecule has 0 aromatic carbocycles. The first-order valence-corrected chi connectivity index (χ1v) is 11.2. The van der Waals surface area contributed by atoms with Crippen LogP contribution in [-0.2, 0) is 4.79 Å². The number of rotatable bonds is 1. The smallest absolute Gasteiger partial charge is 0.227 e. The second-order valence-corrected chi connectivity index (χ2v) is 9.00. The topological polar surface area (TPSA) is 64.2 Å². The van der Waals surface area contributed by atoms with Gasteiger partial charge in [-0.05, 0) is 50.5 Å². The average Bonchev–Trinajstić information content (AvgIpc) is 3.42. The molecule has 1 saturated heterocycles. The van der Waals surface area contributed by atoms with Crippen LogP contribution in [0.5, 0.6) is 0 Å². The normalized spacial score (nSPS) is 37.1. The molecule has 0 bridgehead atoms. The number of nitrogens with two attached hydrogens (primary N) is 1. The van der Waals surface area contributed by atoms with Gasteiger partial charge in [0, 0.05) is 48.1 Å². The quantitative estimate of drug-likeness (QED) is 0.756. The van der Waals surface area contributed by atoms with Crippen LogP contribution in [0.25, 0.3) is 5.70 Å². The highest BCUT2D eigenvalue weighted by molar-refractivity contribution is 5.83. The molecule has 2 heterocycles. The highest BCUT2D eigenvalue weighted by Gasteiger charge is 2.59. The number of aromatic nitrogens is 2. The summed E-state index contributed by atoms with van der Waals surface area (Å²) in [5.41, 5.74) is 7.52. The molecule has 160 valence electrons. The molecule has 3 aliphatic carbocycles. The third-order valence-electron chi connectivity index (χ3n) is 8.00. The number of likely N-dealkylation sites (tertiary alicyclic amines) is 1. The van der Waals surface area contributed by atoms with Gasteiger partial charge in [-0.25, -0.2) is 4.98 Å². The number of fused-ring (bicyclic) bond motifs is 5. The maximum absolute atomic E-state index is 12.4. The number of nitrogens with zero attached hydrogens (tertiary/aromatic N) is 3. The van der Waals surface area contributed by atoms with Crippen LogP contribution in [0.2, 0.25) is 0 Å². The summed E-state index contributed by atoms with van der Waals surface area (Å²) < 4.78 is 2.22. The fourth-order valence-electron chi connectivity index (χ4n) is 6.73. The van der Waals surface area contributed by atoms with Crippen molar-refractivity contribution < 1.29 is 4.79 Å². The van der Waals surface area contributed by atoms with Crippen molar-refractivity contribution in [2.45, 2.75) is 59.8 Å². The first-order chi connectivity index (χ1) is 13.9. The summed E-state index contributed by atoms with van der Waals surface area (Å²) in [6.07, 6.45) is 16.1. The molecule has 1 aromatic rings. The molecule has 5 nitrogen and oxygen atoms in total. The van der Waals surface area contributed by atoms with Crippen LogP contribution in [0.1, 0.15) is 59.8 Å². The van der Waals surface area contributed by atoms with Gasteiger partial charge < -0.3 is 15.2 Å². The predicted molar refractivity (Wildman–Crippen MR) is 119 cm³/mol. The summed E-state index contributed by atoms with van der Waals surface area (Å²) in [4.78, 5) is 18.6. The van der Waals surface area contributed by atoms with Crippen molar-refractivity contribution in [2.24, 2.45) is 34.3 Å². The predicted octanol–water partition coefficient (Wildman–Crippen LogP) is 4.53. The fourth-order valence-corrected chi connectivity index (χ4v) is 6.73. The number of carbonyl (C=O) groups is 1. The minimum Gasteiger partial charge on any atom is -0.333 e. The van der Waals surface area contributed by atoms with Crippen molar-refractivity contribution in [1.82, 2.24) is 14.5 Å². The Balaban J connectivity index is 0.000000568. The Morgan fingerprint density at radius 2 is 1.76 bits per heavy atom. The largest absolute Gasteiger partial charge is 0.333 e. The molecule has 5 heteroatoms. The van der Waals surface area contributed by atoms with E-state index < -0.39 is 0 Å². The van der Waals surface area contributed by atoms with Crippen LogP contribution in [0.15, 0.2) is 36.6 Å². The Morgan fingerprint density at radius 3 is 2.41 bits per heavy atom. The standard InChI is InChI=1S/C21H27N3O.C2H6.CH5N/c1-20-9-8-16-14(4-6-17-21(16,2)12-19(25)23(17)3)15(20)5-7-18(20)24-11-10-22-13-24;2*1-2/h6-7,10-11,13-16H,4-5,8-9,12H2,1-3H3;1-2H3;2H2,1H3. The first-order valence-electron chi connectivity index (χ1n) is 11.2. The van der Waals surface area contributed by atoms with Crippen LogP contribution < -0.4 is 5.73 Å². The molecule has 5 atom stereocenters. The molecule has 5 unspecified atom stereocenters. The van der Waals surface area contributed by atoms with E-state index in [2.05, 4.69) is 47.5 Å². The molecule has 5 rings (SSSR count). The number of carbonyl (C=O) groups excluding carboxylic acids is 1. The fraction of sp³-hybridized carbons (Fsp3) is 0.667. The number of imidazole rings is 1. The van der Waals surface area contributed by atoms with Crippen LogP contribution >= 0.6 is 0 Å². The number of allylic oxidation sites excluding steroid dienone is 4. The molecular weight excluding hydrogens is 360 g/mol. The molecule has 1 saturated carbocycles. The summed E-state index contributed by atoms with van der Waals surface area (Å²) in [5.74, 6) is 2.30. The zero-order chi connectivity index (χ0) is 21.4. The van der Waals surface area contributed by atoms with E-state index in [-0.39, 0.29) is 10.8 Å². The Kier molecular flexibility index (Phi) is 6.09. The molecule has 1 aliphatic heterocycles. The molecule has 4 aliphatic rings. The van der Waals surface area contributed by atoms with Crippen LogP contribution in [-0.4, -0.2) is 34.5 Å². The van der Waals surface area contributed by atoms with Crippen molar-refractivity contribution in [3.63, 3.8) is 0 Å². The van der Waals surface area contributed by atoms with Crippen molar-refractivity contribution in [2.75, 3.05) is 14.1 Å². The lowest BCUT2D eigenvalue weighted by atomic mass is 9.51. The van der Waals surface area contributed by atoms with Gasteiger partial charge in [-0.3, -0.25) is 4.79 Å². The molecular formula is C24H38N4O. The van der Waals surface area contributed by atoms with Crippen molar-refractivity contribution >= 4 is 11.6 Å².